The predicted molar refractivity (Wildman–Crippen MR) is 45.0 cm³/mol. The summed E-state index contributed by atoms with van der Waals surface area (Å²) in [7, 11) is 0. The van der Waals surface area contributed by atoms with E-state index in [1.54, 1.807) is 6.07 Å². The molecule has 0 radical (unpaired) electrons. The van der Waals surface area contributed by atoms with Gasteiger partial charge in [-0.2, -0.15) is 5.26 Å². The Bertz CT molecular complexity index is 373. The van der Waals surface area contributed by atoms with Crippen LogP contribution in [0.1, 0.15) is 26.2 Å². The number of rotatable bonds is 2. The van der Waals surface area contributed by atoms with Crippen LogP contribution in [0.5, 0.6) is 0 Å². The normalized spacial score (nSPS) is 15.7. The second-order valence-electron chi connectivity index (χ2n) is 2.73. The summed E-state index contributed by atoms with van der Waals surface area (Å²) < 4.78 is 33.2. The highest BCUT2D eigenvalue weighted by molar-refractivity contribution is 5.23. The molecule has 0 aromatic heterocycles. The average molecular weight is 182 g/mol. The third-order valence-corrected chi connectivity index (χ3v) is 1.80. The zero-order valence-electron chi connectivity index (χ0n) is 8.09. The maximum Gasteiger partial charge on any atom is 0.162 e. The van der Waals surface area contributed by atoms with Crippen molar-refractivity contribution in [3.63, 3.8) is 0 Å². The Morgan fingerprint density at radius 3 is 2.92 bits per heavy atom. The number of hydrogen-bond donors (Lipinski definition) is 0. The summed E-state index contributed by atoms with van der Waals surface area (Å²) in [5.41, 5.74) is 0.0755. The van der Waals surface area contributed by atoms with Gasteiger partial charge in [-0.15, -0.1) is 0 Å². The van der Waals surface area contributed by atoms with E-state index in [0.29, 0.717) is 0 Å². The zero-order valence-corrected chi connectivity index (χ0v) is 7.09. The van der Waals surface area contributed by atoms with Crippen LogP contribution in [0.25, 0.3) is 0 Å². The van der Waals surface area contributed by atoms with Crippen LogP contribution in [0.2, 0.25) is 0 Å². The molecule has 0 spiro atoms. The number of benzene rings is 1. The molecule has 0 aliphatic carbocycles. The lowest BCUT2D eigenvalue weighted by atomic mass is 9.98. The van der Waals surface area contributed by atoms with Crippen molar-refractivity contribution in [2.24, 2.45) is 0 Å². The lowest BCUT2D eigenvalue weighted by Crippen LogP contribution is -1.98. The average Bonchev–Trinajstić information content (AvgIpc) is 2.20. The van der Waals surface area contributed by atoms with Crippen molar-refractivity contribution in [1.82, 2.24) is 0 Å². The van der Waals surface area contributed by atoms with E-state index in [4.69, 9.17) is 6.63 Å². The third kappa shape index (κ3) is 2.03. The second kappa shape index (κ2) is 3.99. The number of hydrogen-bond acceptors (Lipinski definition) is 1. The molecule has 0 aliphatic rings. The van der Waals surface area contributed by atoms with Crippen LogP contribution in [0.3, 0.4) is 0 Å². The Morgan fingerprint density at radius 2 is 2.31 bits per heavy atom. The molecule has 0 bridgehead atoms. The van der Waals surface area contributed by atoms with E-state index in [1.165, 1.54) is 19.1 Å². The van der Waals surface area contributed by atoms with Crippen molar-refractivity contribution in [1.29, 1.82) is 5.26 Å². The number of nitriles is 1. The van der Waals surface area contributed by atoms with Crippen LogP contribution in [0, 0.1) is 23.0 Å². The minimum Gasteiger partial charge on any atom is -0.204 e. The Balaban J connectivity index is 3.08. The van der Waals surface area contributed by atoms with Crippen LogP contribution >= 0.6 is 0 Å². The summed E-state index contributed by atoms with van der Waals surface area (Å²) in [6.45, 7) is 1.53. The van der Waals surface area contributed by atoms with Crippen molar-refractivity contribution in [2.45, 2.75) is 19.2 Å². The molecule has 0 amide bonds. The fraction of sp³-hybridized carbons (Fsp3) is 0.300. The molecule has 13 heavy (non-hydrogen) atoms. The highest BCUT2D eigenvalue weighted by Crippen LogP contribution is 2.22. The third-order valence-electron chi connectivity index (χ3n) is 1.80. The molecule has 0 fully saturated rings. The van der Waals surface area contributed by atoms with E-state index in [-0.39, 0.29) is 5.56 Å². The lowest BCUT2D eigenvalue weighted by Gasteiger charge is -2.08. The first-order valence-electron chi connectivity index (χ1n) is 4.41. The van der Waals surface area contributed by atoms with Gasteiger partial charge in [-0.05, 0) is 17.5 Å². The molecule has 2 atom stereocenters. The van der Waals surface area contributed by atoms with Crippen molar-refractivity contribution >= 4 is 0 Å². The van der Waals surface area contributed by atoms with Crippen molar-refractivity contribution in [3.8, 4) is 6.07 Å². The van der Waals surface area contributed by atoms with Gasteiger partial charge in [0.05, 0.1) is 6.07 Å². The van der Waals surface area contributed by atoms with Gasteiger partial charge >= 0.3 is 0 Å². The summed E-state index contributed by atoms with van der Waals surface area (Å²) >= 11 is 0. The SMILES string of the molecule is [2H]C(C#N)C(C)c1cccc(F)c1F. The minimum absolute atomic E-state index is 0.0755. The van der Waals surface area contributed by atoms with Crippen molar-refractivity contribution in [3.05, 3.63) is 35.4 Å². The molecule has 3 heteroatoms. The Morgan fingerprint density at radius 1 is 1.62 bits per heavy atom. The number of nitrogens with zero attached hydrogens (tertiary/aromatic N) is 1. The molecular weight excluding hydrogens is 172 g/mol. The first-order chi connectivity index (χ1) is 6.57. The van der Waals surface area contributed by atoms with E-state index < -0.39 is 23.9 Å². The van der Waals surface area contributed by atoms with Gasteiger partial charge in [-0.25, -0.2) is 8.78 Å². The highest BCUT2D eigenvalue weighted by atomic mass is 19.2. The minimum atomic E-state index is -1.08. The van der Waals surface area contributed by atoms with Gasteiger partial charge in [-0.3, -0.25) is 0 Å². The predicted octanol–water partition coefficient (Wildman–Crippen LogP) is 2.98. The lowest BCUT2D eigenvalue weighted by molar-refractivity contribution is 0.491. The highest BCUT2D eigenvalue weighted by Gasteiger charge is 2.13. The summed E-state index contributed by atoms with van der Waals surface area (Å²) in [5.74, 6) is -2.54. The molecule has 0 heterocycles. The van der Waals surface area contributed by atoms with Crippen molar-refractivity contribution in [2.75, 3.05) is 0 Å². The molecule has 0 saturated carbocycles. The van der Waals surface area contributed by atoms with Gasteiger partial charge in [-0.1, -0.05) is 19.1 Å². The van der Waals surface area contributed by atoms with E-state index in [9.17, 15) is 8.78 Å². The molecule has 0 N–H and O–H groups in total. The first-order valence-corrected chi connectivity index (χ1v) is 3.83. The van der Waals surface area contributed by atoms with Gasteiger partial charge < -0.3 is 0 Å². The van der Waals surface area contributed by atoms with E-state index >= 15 is 0 Å². The largest absolute Gasteiger partial charge is 0.204 e. The fourth-order valence-corrected chi connectivity index (χ4v) is 1.07. The summed E-state index contributed by atoms with van der Waals surface area (Å²) in [5, 5.41) is 8.47. The summed E-state index contributed by atoms with van der Waals surface area (Å²) in [4.78, 5) is 0. The molecule has 1 rings (SSSR count). The fourth-order valence-electron chi connectivity index (χ4n) is 1.07. The van der Waals surface area contributed by atoms with E-state index in [1.807, 2.05) is 0 Å². The molecular formula is C10H9F2N. The maximum absolute atomic E-state index is 13.2. The summed E-state index contributed by atoms with van der Waals surface area (Å²) in [6.07, 6.45) is -1.08. The van der Waals surface area contributed by atoms with Gasteiger partial charge in [0.1, 0.15) is 0 Å². The van der Waals surface area contributed by atoms with E-state index in [0.717, 1.165) is 6.07 Å². The van der Waals surface area contributed by atoms with Crippen LogP contribution in [0.15, 0.2) is 18.2 Å². The van der Waals surface area contributed by atoms with E-state index in [2.05, 4.69) is 0 Å². The topological polar surface area (TPSA) is 23.8 Å². The number of halogens is 2. The molecule has 1 aromatic carbocycles. The quantitative estimate of drug-likeness (QED) is 0.689. The molecule has 1 aromatic rings. The van der Waals surface area contributed by atoms with Crippen LogP contribution in [-0.2, 0) is 0 Å². The molecule has 2 unspecified atom stereocenters. The Hall–Kier alpha value is -1.43. The first kappa shape index (κ1) is 8.18. The van der Waals surface area contributed by atoms with Crippen LogP contribution in [-0.4, -0.2) is 0 Å². The van der Waals surface area contributed by atoms with Crippen LogP contribution < -0.4 is 0 Å². The molecule has 1 nitrogen and oxygen atoms in total. The smallest absolute Gasteiger partial charge is 0.162 e. The van der Waals surface area contributed by atoms with Crippen molar-refractivity contribution < 1.29 is 10.2 Å². The van der Waals surface area contributed by atoms with Gasteiger partial charge in [0, 0.05) is 7.77 Å². The van der Waals surface area contributed by atoms with Gasteiger partial charge in [0.2, 0.25) is 0 Å². The van der Waals surface area contributed by atoms with Gasteiger partial charge in [0.15, 0.2) is 11.6 Å². The maximum atomic E-state index is 13.2. The van der Waals surface area contributed by atoms with Crippen LogP contribution in [0.4, 0.5) is 8.78 Å². The monoisotopic (exact) mass is 182 g/mol. The Labute approximate surface area is 77.0 Å². The second-order valence-corrected chi connectivity index (χ2v) is 2.73. The summed E-state index contributed by atoms with van der Waals surface area (Å²) in [6, 6.07) is 5.46. The van der Waals surface area contributed by atoms with Gasteiger partial charge in [0.25, 0.3) is 0 Å². The molecule has 0 saturated heterocycles. The standard InChI is InChI=1S/C10H9F2N/c1-7(5-6-13)8-3-2-4-9(11)10(8)12/h2-4,7H,5H2,1H3/i5D. The molecule has 68 valence electrons. The Kier molecular flexibility index (Phi) is 2.51. The molecule has 0 aliphatic heterocycles. The zero-order chi connectivity index (χ0) is 10.7.